The van der Waals surface area contributed by atoms with Crippen molar-refractivity contribution < 1.29 is 9.59 Å². The van der Waals surface area contributed by atoms with Crippen LogP contribution in [0.2, 0.25) is 0 Å². The molecule has 0 N–H and O–H groups in total. The third-order valence-electron chi connectivity index (χ3n) is 5.02. The first-order valence-electron chi connectivity index (χ1n) is 9.37. The van der Waals surface area contributed by atoms with Gasteiger partial charge in [-0.25, -0.2) is 0 Å². The van der Waals surface area contributed by atoms with E-state index in [0.717, 1.165) is 24.1 Å². The molecule has 2 aromatic carbocycles. The summed E-state index contributed by atoms with van der Waals surface area (Å²) in [4.78, 5) is 28.9. The number of piperidine rings is 1. The normalized spacial score (nSPS) is 14.9. The van der Waals surface area contributed by atoms with E-state index in [9.17, 15) is 9.59 Å². The zero-order valence-corrected chi connectivity index (χ0v) is 15.3. The van der Waals surface area contributed by atoms with Crippen molar-refractivity contribution >= 4 is 17.5 Å². The highest BCUT2D eigenvalue weighted by atomic mass is 16.2. The quantitative estimate of drug-likeness (QED) is 0.821. The van der Waals surface area contributed by atoms with Crippen molar-refractivity contribution in [1.29, 1.82) is 0 Å². The highest BCUT2D eigenvalue weighted by Crippen LogP contribution is 2.25. The second-order valence-corrected chi connectivity index (χ2v) is 6.75. The van der Waals surface area contributed by atoms with E-state index in [2.05, 4.69) is 0 Å². The van der Waals surface area contributed by atoms with Crippen LogP contribution in [0.1, 0.15) is 31.7 Å². The monoisotopic (exact) mass is 350 g/mol. The molecule has 2 amide bonds. The minimum Gasteiger partial charge on any atom is -0.343 e. The van der Waals surface area contributed by atoms with Gasteiger partial charge in [-0.3, -0.25) is 9.59 Å². The number of anilines is 1. The standard InChI is InChI=1S/C22H26N2O2/c1-2-21(25)23-15-13-19(14-16-23)22(26)24(20-11-7-4-8-12-20)17-18-9-5-3-6-10-18/h3-12,19H,2,13-17H2,1H3. The Morgan fingerprint density at radius 2 is 1.54 bits per heavy atom. The summed E-state index contributed by atoms with van der Waals surface area (Å²) in [6, 6.07) is 19.9. The lowest BCUT2D eigenvalue weighted by molar-refractivity contribution is -0.134. The number of hydrogen-bond acceptors (Lipinski definition) is 2. The first-order valence-corrected chi connectivity index (χ1v) is 9.37. The molecule has 136 valence electrons. The summed E-state index contributed by atoms with van der Waals surface area (Å²) in [6.07, 6.45) is 2.01. The molecule has 1 aliphatic heterocycles. The maximum atomic E-state index is 13.3. The number of likely N-dealkylation sites (tertiary alicyclic amines) is 1. The van der Waals surface area contributed by atoms with Crippen LogP contribution >= 0.6 is 0 Å². The molecule has 0 aliphatic carbocycles. The summed E-state index contributed by atoms with van der Waals surface area (Å²) in [7, 11) is 0. The topological polar surface area (TPSA) is 40.6 Å². The van der Waals surface area contributed by atoms with Crippen molar-refractivity contribution in [3.05, 3.63) is 66.2 Å². The van der Waals surface area contributed by atoms with Crippen LogP contribution in [0.3, 0.4) is 0 Å². The average Bonchev–Trinajstić information content (AvgIpc) is 2.72. The van der Waals surface area contributed by atoms with Gasteiger partial charge >= 0.3 is 0 Å². The molecule has 0 bridgehead atoms. The van der Waals surface area contributed by atoms with Crippen LogP contribution in [0.15, 0.2) is 60.7 Å². The fraction of sp³-hybridized carbons (Fsp3) is 0.364. The molecule has 1 heterocycles. The second kappa shape index (κ2) is 8.65. The Labute approximate surface area is 155 Å². The van der Waals surface area contributed by atoms with Gasteiger partial charge in [0.05, 0.1) is 6.54 Å². The maximum absolute atomic E-state index is 13.3. The lowest BCUT2D eigenvalue weighted by Gasteiger charge is -2.34. The van der Waals surface area contributed by atoms with Crippen LogP contribution < -0.4 is 4.90 Å². The summed E-state index contributed by atoms with van der Waals surface area (Å²) in [6.45, 7) is 3.81. The Morgan fingerprint density at radius 1 is 0.962 bits per heavy atom. The molecule has 4 heteroatoms. The van der Waals surface area contributed by atoms with E-state index in [1.807, 2.05) is 77.4 Å². The van der Waals surface area contributed by atoms with Gasteiger partial charge in [0.25, 0.3) is 0 Å². The molecule has 0 saturated carbocycles. The third-order valence-corrected chi connectivity index (χ3v) is 5.02. The molecule has 0 atom stereocenters. The first kappa shape index (κ1) is 18.2. The van der Waals surface area contributed by atoms with Gasteiger partial charge in [0.15, 0.2) is 0 Å². The number of carbonyl (C=O) groups is 2. The Balaban J connectivity index is 1.74. The van der Waals surface area contributed by atoms with E-state index in [4.69, 9.17) is 0 Å². The van der Waals surface area contributed by atoms with Crippen molar-refractivity contribution in [3.8, 4) is 0 Å². The zero-order valence-electron chi connectivity index (χ0n) is 15.3. The molecular formula is C22H26N2O2. The SMILES string of the molecule is CCC(=O)N1CCC(C(=O)N(Cc2ccccc2)c2ccccc2)CC1. The molecule has 2 aromatic rings. The number of amides is 2. The van der Waals surface area contributed by atoms with Crippen LogP contribution in [0.5, 0.6) is 0 Å². The highest BCUT2D eigenvalue weighted by Gasteiger charge is 2.30. The summed E-state index contributed by atoms with van der Waals surface area (Å²) >= 11 is 0. The number of hydrogen-bond donors (Lipinski definition) is 0. The second-order valence-electron chi connectivity index (χ2n) is 6.75. The van der Waals surface area contributed by atoms with Crippen molar-refractivity contribution in [2.24, 2.45) is 5.92 Å². The number of carbonyl (C=O) groups excluding carboxylic acids is 2. The molecule has 1 saturated heterocycles. The minimum atomic E-state index is -0.0279. The van der Waals surface area contributed by atoms with E-state index >= 15 is 0 Å². The summed E-state index contributed by atoms with van der Waals surface area (Å²) < 4.78 is 0. The van der Waals surface area contributed by atoms with E-state index in [1.165, 1.54) is 0 Å². The Morgan fingerprint density at radius 3 is 2.12 bits per heavy atom. The van der Waals surface area contributed by atoms with Gasteiger partial charge in [-0.1, -0.05) is 55.5 Å². The highest BCUT2D eigenvalue weighted by molar-refractivity contribution is 5.95. The minimum absolute atomic E-state index is 0.0279. The van der Waals surface area contributed by atoms with Crippen molar-refractivity contribution in [2.45, 2.75) is 32.7 Å². The van der Waals surface area contributed by atoms with Crippen LogP contribution in [-0.4, -0.2) is 29.8 Å². The van der Waals surface area contributed by atoms with Crippen molar-refractivity contribution in [3.63, 3.8) is 0 Å². The lowest BCUT2D eigenvalue weighted by Crippen LogP contribution is -2.44. The molecule has 0 unspecified atom stereocenters. The van der Waals surface area contributed by atoms with Gasteiger partial charge in [0, 0.05) is 31.1 Å². The average molecular weight is 350 g/mol. The number of benzene rings is 2. The number of nitrogens with zero attached hydrogens (tertiary/aromatic N) is 2. The Bertz CT molecular complexity index is 722. The number of rotatable bonds is 5. The molecule has 4 nitrogen and oxygen atoms in total. The molecule has 26 heavy (non-hydrogen) atoms. The summed E-state index contributed by atoms with van der Waals surface area (Å²) in [5, 5.41) is 0. The van der Waals surface area contributed by atoms with Gasteiger partial charge in [0.1, 0.15) is 0 Å². The van der Waals surface area contributed by atoms with Gasteiger partial charge in [0.2, 0.25) is 11.8 Å². The molecule has 0 aromatic heterocycles. The predicted octanol–water partition coefficient (Wildman–Crippen LogP) is 3.87. The lowest BCUT2D eigenvalue weighted by atomic mass is 9.94. The number of para-hydroxylation sites is 1. The van der Waals surface area contributed by atoms with Crippen LogP contribution in [0.25, 0.3) is 0 Å². The van der Waals surface area contributed by atoms with Gasteiger partial charge < -0.3 is 9.80 Å². The van der Waals surface area contributed by atoms with Crippen molar-refractivity contribution in [1.82, 2.24) is 4.90 Å². The predicted molar refractivity (Wildman–Crippen MR) is 104 cm³/mol. The largest absolute Gasteiger partial charge is 0.343 e. The molecule has 0 spiro atoms. The molecule has 0 radical (unpaired) electrons. The van der Waals surface area contributed by atoms with Crippen molar-refractivity contribution in [2.75, 3.05) is 18.0 Å². The molecular weight excluding hydrogens is 324 g/mol. The van der Waals surface area contributed by atoms with E-state index in [0.29, 0.717) is 26.1 Å². The van der Waals surface area contributed by atoms with Crippen LogP contribution in [0.4, 0.5) is 5.69 Å². The smallest absolute Gasteiger partial charge is 0.230 e. The van der Waals surface area contributed by atoms with Gasteiger partial charge in [-0.2, -0.15) is 0 Å². The fourth-order valence-electron chi connectivity index (χ4n) is 3.49. The maximum Gasteiger partial charge on any atom is 0.230 e. The Hall–Kier alpha value is -2.62. The van der Waals surface area contributed by atoms with Crippen LogP contribution in [0, 0.1) is 5.92 Å². The molecule has 1 fully saturated rings. The fourth-order valence-corrected chi connectivity index (χ4v) is 3.49. The first-order chi connectivity index (χ1) is 12.7. The summed E-state index contributed by atoms with van der Waals surface area (Å²) in [5.41, 5.74) is 2.04. The summed E-state index contributed by atoms with van der Waals surface area (Å²) in [5.74, 6) is 0.309. The van der Waals surface area contributed by atoms with E-state index in [-0.39, 0.29) is 17.7 Å². The van der Waals surface area contributed by atoms with Gasteiger partial charge in [-0.05, 0) is 30.5 Å². The molecule has 1 aliphatic rings. The van der Waals surface area contributed by atoms with E-state index in [1.54, 1.807) is 0 Å². The van der Waals surface area contributed by atoms with Gasteiger partial charge in [-0.15, -0.1) is 0 Å². The Kier molecular flexibility index (Phi) is 6.05. The molecule has 3 rings (SSSR count). The van der Waals surface area contributed by atoms with Crippen LogP contribution in [-0.2, 0) is 16.1 Å². The zero-order chi connectivity index (χ0) is 18.4. The third kappa shape index (κ3) is 4.31. The van der Waals surface area contributed by atoms with E-state index < -0.39 is 0 Å².